The number of nitrogens with one attached hydrogen (secondary N) is 2. The zero-order valence-corrected chi connectivity index (χ0v) is 17.1. The third-order valence-corrected chi connectivity index (χ3v) is 4.76. The summed E-state index contributed by atoms with van der Waals surface area (Å²) in [4.78, 5) is 27.9. The fourth-order valence-corrected chi connectivity index (χ4v) is 3.11. The van der Waals surface area contributed by atoms with E-state index in [0.29, 0.717) is 29.0 Å². The number of amides is 1. The number of methoxy groups -OCH3 is 1. The summed E-state index contributed by atoms with van der Waals surface area (Å²) in [6.45, 7) is 2.80. The molecule has 3 aromatic rings. The molecular formula is C23H25FN2O4. The van der Waals surface area contributed by atoms with E-state index in [1.54, 1.807) is 24.3 Å². The van der Waals surface area contributed by atoms with Crippen molar-refractivity contribution in [2.24, 2.45) is 0 Å². The number of aromatic amines is 1. The molecule has 1 amide bonds. The Morgan fingerprint density at radius 2 is 1.90 bits per heavy atom. The lowest BCUT2D eigenvalue weighted by Crippen LogP contribution is -2.29. The summed E-state index contributed by atoms with van der Waals surface area (Å²) < 4.78 is 24.3. The SMILES string of the molecule is CCCCCOc1c(OC)ccc2cc(C(=O)NCc3ccc(F)cc3)c(=O)[nH]c12. The summed E-state index contributed by atoms with van der Waals surface area (Å²) in [6, 6.07) is 10.8. The van der Waals surface area contributed by atoms with Gasteiger partial charge in [-0.25, -0.2) is 4.39 Å². The van der Waals surface area contributed by atoms with Gasteiger partial charge in [0.25, 0.3) is 11.5 Å². The van der Waals surface area contributed by atoms with Crippen LogP contribution in [0.4, 0.5) is 4.39 Å². The van der Waals surface area contributed by atoms with Crippen LogP contribution in [-0.2, 0) is 6.54 Å². The predicted molar refractivity (Wildman–Crippen MR) is 114 cm³/mol. The highest BCUT2D eigenvalue weighted by molar-refractivity contribution is 5.98. The maximum absolute atomic E-state index is 13.0. The van der Waals surface area contributed by atoms with Crippen LogP contribution < -0.4 is 20.3 Å². The number of fused-ring (bicyclic) bond motifs is 1. The first-order valence-electron chi connectivity index (χ1n) is 9.93. The molecule has 7 heteroatoms. The van der Waals surface area contributed by atoms with Crippen LogP contribution in [0.5, 0.6) is 11.5 Å². The topological polar surface area (TPSA) is 80.4 Å². The Hall–Kier alpha value is -3.35. The van der Waals surface area contributed by atoms with Crippen LogP contribution in [-0.4, -0.2) is 24.6 Å². The number of hydrogen-bond acceptors (Lipinski definition) is 4. The standard InChI is InChI=1S/C23H25FN2O4/c1-3-4-5-12-30-21-19(29-2)11-8-16-13-18(23(28)26-20(16)21)22(27)25-14-15-6-9-17(24)10-7-15/h6-11,13H,3-5,12,14H2,1-2H3,(H,25,27)(H,26,28). The lowest BCUT2D eigenvalue weighted by atomic mass is 10.1. The van der Waals surface area contributed by atoms with Gasteiger partial charge in [0, 0.05) is 11.9 Å². The molecule has 0 aliphatic rings. The molecule has 2 aromatic carbocycles. The zero-order chi connectivity index (χ0) is 21.5. The highest BCUT2D eigenvalue weighted by Gasteiger charge is 2.16. The van der Waals surface area contributed by atoms with E-state index >= 15 is 0 Å². The van der Waals surface area contributed by atoms with Crippen molar-refractivity contribution in [1.29, 1.82) is 0 Å². The third kappa shape index (κ3) is 4.97. The second-order valence-corrected chi connectivity index (χ2v) is 6.94. The van der Waals surface area contributed by atoms with Crippen molar-refractivity contribution < 1.29 is 18.7 Å². The van der Waals surface area contributed by atoms with Gasteiger partial charge in [0.1, 0.15) is 11.4 Å². The Morgan fingerprint density at radius 3 is 2.60 bits per heavy atom. The van der Waals surface area contributed by atoms with E-state index in [1.807, 2.05) is 0 Å². The van der Waals surface area contributed by atoms with Crippen LogP contribution in [0.15, 0.2) is 47.3 Å². The summed E-state index contributed by atoms with van der Waals surface area (Å²) in [5.41, 5.74) is 0.692. The van der Waals surface area contributed by atoms with Gasteiger partial charge in [0.15, 0.2) is 11.5 Å². The van der Waals surface area contributed by atoms with Crippen LogP contribution in [0, 0.1) is 5.82 Å². The van der Waals surface area contributed by atoms with Gasteiger partial charge >= 0.3 is 0 Å². The molecule has 0 radical (unpaired) electrons. The molecule has 2 N–H and O–H groups in total. The predicted octanol–water partition coefficient (Wildman–Crippen LogP) is 4.17. The van der Waals surface area contributed by atoms with Gasteiger partial charge in [-0.3, -0.25) is 9.59 Å². The van der Waals surface area contributed by atoms with Crippen LogP contribution >= 0.6 is 0 Å². The van der Waals surface area contributed by atoms with E-state index in [4.69, 9.17) is 9.47 Å². The molecule has 0 saturated heterocycles. The lowest BCUT2D eigenvalue weighted by Gasteiger charge is -2.14. The monoisotopic (exact) mass is 412 g/mol. The highest BCUT2D eigenvalue weighted by Crippen LogP contribution is 2.34. The van der Waals surface area contributed by atoms with Crippen molar-refractivity contribution >= 4 is 16.8 Å². The van der Waals surface area contributed by atoms with Crippen molar-refractivity contribution in [1.82, 2.24) is 10.3 Å². The largest absolute Gasteiger partial charge is 0.493 e. The van der Waals surface area contributed by atoms with Gasteiger partial charge in [-0.05, 0) is 42.3 Å². The number of carbonyl (C=O) groups is 1. The Balaban J connectivity index is 1.84. The van der Waals surface area contributed by atoms with E-state index in [-0.39, 0.29) is 17.9 Å². The van der Waals surface area contributed by atoms with E-state index in [9.17, 15) is 14.0 Å². The highest BCUT2D eigenvalue weighted by atomic mass is 19.1. The molecular weight excluding hydrogens is 387 g/mol. The van der Waals surface area contributed by atoms with Gasteiger partial charge in [0.05, 0.1) is 19.2 Å². The first-order valence-corrected chi connectivity index (χ1v) is 9.93. The number of benzene rings is 2. The van der Waals surface area contributed by atoms with Gasteiger partial charge in [-0.15, -0.1) is 0 Å². The maximum Gasteiger partial charge on any atom is 0.261 e. The molecule has 0 aliphatic carbocycles. The van der Waals surface area contributed by atoms with Crippen molar-refractivity contribution in [3.8, 4) is 11.5 Å². The molecule has 0 saturated carbocycles. The normalized spacial score (nSPS) is 10.8. The minimum atomic E-state index is -0.522. The Morgan fingerprint density at radius 1 is 1.13 bits per heavy atom. The van der Waals surface area contributed by atoms with Gasteiger partial charge in [-0.2, -0.15) is 0 Å². The molecule has 6 nitrogen and oxygen atoms in total. The maximum atomic E-state index is 13.0. The molecule has 0 aliphatic heterocycles. The summed E-state index contributed by atoms with van der Waals surface area (Å²) in [7, 11) is 1.54. The number of halogens is 1. The van der Waals surface area contributed by atoms with Crippen molar-refractivity contribution in [2.45, 2.75) is 32.7 Å². The molecule has 3 rings (SSSR count). The fourth-order valence-electron chi connectivity index (χ4n) is 3.11. The van der Waals surface area contributed by atoms with Crippen LogP contribution in [0.2, 0.25) is 0 Å². The summed E-state index contributed by atoms with van der Waals surface area (Å²) in [5, 5.41) is 3.35. The molecule has 0 atom stereocenters. The number of ether oxygens (including phenoxy) is 2. The third-order valence-electron chi connectivity index (χ3n) is 4.76. The molecule has 0 fully saturated rings. The molecule has 0 bridgehead atoms. The minimum Gasteiger partial charge on any atom is -0.493 e. The smallest absolute Gasteiger partial charge is 0.261 e. The van der Waals surface area contributed by atoms with Crippen LogP contribution in [0.1, 0.15) is 42.1 Å². The summed E-state index contributed by atoms with van der Waals surface area (Å²) in [5.74, 6) is 0.118. The van der Waals surface area contributed by atoms with Crippen molar-refractivity contribution in [2.75, 3.05) is 13.7 Å². The van der Waals surface area contributed by atoms with Crippen LogP contribution in [0.3, 0.4) is 0 Å². The molecule has 1 aromatic heterocycles. The summed E-state index contributed by atoms with van der Waals surface area (Å²) in [6.07, 6.45) is 3.01. The number of H-pyrrole nitrogens is 1. The quantitative estimate of drug-likeness (QED) is 0.517. The van der Waals surface area contributed by atoms with Crippen molar-refractivity contribution in [3.63, 3.8) is 0 Å². The molecule has 0 spiro atoms. The number of unbranched alkanes of at least 4 members (excludes halogenated alkanes) is 2. The Kier molecular flexibility index (Phi) is 7.06. The minimum absolute atomic E-state index is 0.00767. The average Bonchev–Trinajstić information content (AvgIpc) is 2.75. The number of rotatable bonds is 9. The number of aromatic nitrogens is 1. The van der Waals surface area contributed by atoms with E-state index in [0.717, 1.165) is 24.8 Å². The van der Waals surface area contributed by atoms with E-state index in [1.165, 1.54) is 25.3 Å². The molecule has 30 heavy (non-hydrogen) atoms. The van der Waals surface area contributed by atoms with Gasteiger partial charge < -0.3 is 19.8 Å². The van der Waals surface area contributed by atoms with E-state index < -0.39 is 11.5 Å². The zero-order valence-electron chi connectivity index (χ0n) is 17.1. The first-order chi connectivity index (χ1) is 14.5. The number of carbonyl (C=O) groups excluding carboxylic acids is 1. The van der Waals surface area contributed by atoms with E-state index in [2.05, 4.69) is 17.2 Å². The van der Waals surface area contributed by atoms with Crippen LogP contribution in [0.25, 0.3) is 10.9 Å². The second kappa shape index (κ2) is 9.91. The number of pyridine rings is 1. The Bertz CT molecular complexity index is 1080. The first kappa shape index (κ1) is 21.4. The molecule has 158 valence electrons. The summed E-state index contributed by atoms with van der Waals surface area (Å²) >= 11 is 0. The van der Waals surface area contributed by atoms with Crippen molar-refractivity contribution in [3.05, 3.63) is 69.8 Å². The van der Waals surface area contributed by atoms with Gasteiger partial charge in [0.2, 0.25) is 0 Å². The van der Waals surface area contributed by atoms with Gasteiger partial charge in [-0.1, -0.05) is 31.9 Å². The average molecular weight is 412 g/mol. The lowest BCUT2D eigenvalue weighted by molar-refractivity contribution is 0.0949. The fraction of sp³-hybridized carbons (Fsp3) is 0.304. The molecule has 0 unspecified atom stereocenters. The Labute approximate surface area is 174 Å². The second-order valence-electron chi connectivity index (χ2n) is 6.94. The molecule has 1 heterocycles. The number of hydrogen-bond donors (Lipinski definition) is 2.